The van der Waals surface area contributed by atoms with Gasteiger partial charge in [0.15, 0.2) is 11.5 Å². The Bertz CT molecular complexity index is 685. The molecule has 0 bridgehead atoms. The number of hydrogen-bond donors (Lipinski definition) is 0. The van der Waals surface area contributed by atoms with Crippen molar-refractivity contribution in [2.24, 2.45) is 0 Å². The molecule has 0 radical (unpaired) electrons. The van der Waals surface area contributed by atoms with Crippen LogP contribution in [0.4, 0.5) is 0 Å². The molecule has 2 nitrogen and oxygen atoms in total. The predicted octanol–water partition coefficient (Wildman–Crippen LogP) is 4.38. The Kier molecular flexibility index (Phi) is 2.80. The van der Waals surface area contributed by atoms with Gasteiger partial charge in [0.05, 0.1) is 0 Å². The summed E-state index contributed by atoms with van der Waals surface area (Å²) in [6.07, 6.45) is 0.685. The fourth-order valence-electron chi connectivity index (χ4n) is 1.94. The molecule has 0 amide bonds. The predicted molar refractivity (Wildman–Crippen MR) is 73.0 cm³/mol. The number of aromatic nitrogens is 1. The van der Waals surface area contributed by atoms with E-state index in [4.69, 9.17) is 16.0 Å². The van der Waals surface area contributed by atoms with Gasteiger partial charge in [-0.15, -0.1) is 0 Å². The van der Waals surface area contributed by atoms with E-state index in [0.29, 0.717) is 6.42 Å². The molecule has 0 N–H and O–H groups in total. The third kappa shape index (κ3) is 2.24. The van der Waals surface area contributed by atoms with Gasteiger partial charge in [0.25, 0.3) is 0 Å². The van der Waals surface area contributed by atoms with E-state index in [-0.39, 0.29) is 0 Å². The third-order valence-corrected chi connectivity index (χ3v) is 3.11. The first-order valence-corrected chi connectivity index (χ1v) is 6.19. The maximum atomic E-state index is 5.86. The van der Waals surface area contributed by atoms with Crippen molar-refractivity contribution in [2.45, 2.75) is 13.3 Å². The zero-order chi connectivity index (χ0) is 12.5. The molecule has 3 rings (SSSR count). The van der Waals surface area contributed by atoms with Gasteiger partial charge in [0.2, 0.25) is 0 Å². The largest absolute Gasteiger partial charge is 0.440 e. The van der Waals surface area contributed by atoms with E-state index < -0.39 is 0 Å². The van der Waals surface area contributed by atoms with Crippen LogP contribution in [0.2, 0.25) is 5.02 Å². The average Bonchev–Trinajstić information content (AvgIpc) is 2.73. The standard InChI is InChI=1S/C15H12ClNO/c1-10-2-7-14-13(8-10)17-15(18-14)9-11-3-5-12(16)6-4-11/h2-8H,9H2,1H3. The van der Waals surface area contributed by atoms with Gasteiger partial charge in [0, 0.05) is 11.4 Å². The van der Waals surface area contributed by atoms with Crippen molar-refractivity contribution in [1.29, 1.82) is 0 Å². The molecule has 1 aromatic heterocycles. The summed E-state index contributed by atoms with van der Waals surface area (Å²) in [4.78, 5) is 4.49. The molecule has 0 fully saturated rings. The number of nitrogens with zero attached hydrogens (tertiary/aromatic N) is 1. The molecule has 0 atom stereocenters. The fourth-order valence-corrected chi connectivity index (χ4v) is 2.06. The molecule has 0 aliphatic carbocycles. The second-order valence-corrected chi connectivity index (χ2v) is 4.82. The minimum atomic E-state index is 0.685. The quantitative estimate of drug-likeness (QED) is 0.681. The molecule has 90 valence electrons. The number of hydrogen-bond acceptors (Lipinski definition) is 2. The SMILES string of the molecule is Cc1ccc2oc(Cc3ccc(Cl)cc3)nc2c1. The van der Waals surface area contributed by atoms with Gasteiger partial charge in [-0.2, -0.15) is 0 Å². The maximum absolute atomic E-state index is 5.86. The Labute approximate surface area is 110 Å². The van der Waals surface area contributed by atoms with Crippen molar-refractivity contribution in [2.75, 3.05) is 0 Å². The summed E-state index contributed by atoms with van der Waals surface area (Å²) >= 11 is 5.86. The highest BCUT2D eigenvalue weighted by Gasteiger charge is 2.06. The Balaban J connectivity index is 1.92. The van der Waals surface area contributed by atoms with Crippen molar-refractivity contribution < 1.29 is 4.42 Å². The van der Waals surface area contributed by atoms with Crippen LogP contribution in [0.25, 0.3) is 11.1 Å². The van der Waals surface area contributed by atoms with E-state index in [9.17, 15) is 0 Å². The number of oxazole rings is 1. The minimum Gasteiger partial charge on any atom is -0.440 e. The Morgan fingerprint density at radius 3 is 2.67 bits per heavy atom. The zero-order valence-corrected chi connectivity index (χ0v) is 10.7. The maximum Gasteiger partial charge on any atom is 0.199 e. The van der Waals surface area contributed by atoms with Crippen LogP contribution in [0.5, 0.6) is 0 Å². The summed E-state index contributed by atoms with van der Waals surface area (Å²) in [5, 5.41) is 0.743. The number of rotatable bonds is 2. The van der Waals surface area contributed by atoms with Crippen LogP contribution in [0.15, 0.2) is 46.9 Å². The van der Waals surface area contributed by atoms with Crippen LogP contribution in [0.3, 0.4) is 0 Å². The molecule has 2 aromatic carbocycles. The lowest BCUT2D eigenvalue weighted by atomic mass is 10.1. The molecular weight excluding hydrogens is 246 g/mol. The van der Waals surface area contributed by atoms with E-state index in [2.05, 4.69) is 4.98 Å². The summed E-state index contributed by atoms with van der Waals surface area (Å²) < 4.78 is 5.71. The monoisotopic (exact) mass is 257 g/mol. The third-order valence-electron chi connectivity index (χ3n) is 2.86. The van der Waals surface area contributed by atoms with Crippen LogP contribution in [0, 0.1) is 6.92 Å². The molecule has 0 unspecified atom stereocenters. The molecule has 1 heterocycles. The summed E-state index contributed by atoms with van der Waals surface area (Å²) in [6.45, 7) is 2.05. The van der Waals surface area contributed by atoms with Crippen LogP contribution >= 0.6 is 11.6 Å². The first-order valence-electron chi connectivity index (χ1n) is 5.81. The van der Waals surface area contributed by atoms with E-state index in [1.807, 2.05) is 49.4 Å². The summed E-state index contributed by atoms with van der Waals surface area (Å²) in [6, 6.07) is 13.8. The minimum absolute atomic E-state index is 0.685. The summed E-state index contributed by atoms with van der Waals surface area (Å²) in [5.74, 6) is 0.734. The first-order chi connectivity index (χ1) is 8.70. The molecule has 0 spiro atoms. The van der Waals surface area contributed by atoms with Crippen molar-refractivity contribution in [1.82, 2.24) is 4.98 Å². The van der Waals surface area contributed by atoms with Crippen LogP contribution in [-0.2, 0) is 6.42 Å². The van der Waals surface area contributed by atoms with E-state index in [0.717, 1.165) is 27.6 Å². The molecule has 0 aliphatic heterocycles. The number of benzene rings is 2. The zero-order valence-electron chi connectivity index (χ0n) is 9.98. The fraction of sp³-hybridized carbons (Fsp3) is 0.133. The molecular formula is C15H12ClNO. The smallest absolute Gasteiger partial charge is 0.199 e. The lowest BCUT2D eigenvalue weighted by molar-refractivity contribution is 0.544. The van der Waals surface area contributed by atoms with Crippen LogP contribution in [-0.4, -0.2) is 4.98 Å². The Morgan fingerprint density at radius 1 is 1.11 bits per heavy atom. The summed E-state index contributed by atoms with van der Waals surface area (Å²) in [5.41, 5.74) is 4.08. The second kappa shape index (κ2) is 4.46. The van der Waals surface area contributed by atoms with Crippen LogP contribution < -0.4 is 0 Å². The second-order valence-electron chi connectivity index (χ2n) is 4.38. The van der Waals surface area contributed by atoms with Gasteiger partial charge in [0.1, 0.15) is 5.52 Å². The van der Waals surface area contributed by atoms with Crippen molar-refractivity contribution in [3.05, 3.63) is 64.5 Å². The molecule has 3 heteroatoms. The average molecular weight is 258 g/mol. The molecule has 18 heavy (non-hydrogen) atoms. The van der Waals surface area contributed by atoms with Gasteiger partial charge in [-0.1, -0.05) is 29.8 Å². The lowest BCUT2D eigenvalue weighted by Gasteiger charge is -1.96. The van der Waals surface area contributed by atoms with E-state index in [1.54, 1.807) is 0 Å². The highest BCUT2D eigenvalue weighted by Crippen LogP contribution is 2.19. The number of fused-ring (bicyclic) bond motifs is 1. The normalized spacial score (nSPS) is 11.0. The molecule has 0 saturated carbocycles. The van der Waals surface area contributed by atoms with Crippen molar-refractivity contribution in [3.8, 4) is 0 Å². The highest BCUT2D eigenvalue weighted by molar-refractivity contribution is 6.30. The molecule has 0 aliphatic rings. The Morgan fingerprint density at radius 2 is 1.89 bits per heavy atom. The topological polar surface area (TPSA) is 26.0 Å². The molecule has 3 aromatic rings. The molecule has 0 saturated heterocycles. The van der Waals surface area contributed by atoms with Gasteiger partial charge < -0.3 is 4.42 Å². The lowest BCUT2D eigenvalue weighted by Crippen LogP contribution is -1.87. The van der Waals surface area contributed by atoms with Gasteiger partial charge in [-0.3, -0.25) is 0 Å². The Hall–Kier alpha value is -1.80. The highest BCUT2D eigenvalue weighted by atomic mass is 35.5. The van der Waals surface area contributed by atoms with Crippen LogP contribution in [0.1, 0.15) is 17.0 Å². The van der Waals surface area contributed by atoms with Crippen molar-refractivity contribution in [3.63, 3.8) is 0 Å². The number of aryl methyl sites for hydroxylation is 1. The first kappa shape index (κ1) is 11.3. The van der Waals surface area contributed by atoms with Gasteiger partial charge in [-0.25, -0.2) is 4.98 Å². The van der Waals surface area contributed by atoms with Gasteiger partial charge in [-0.05, 0) is 42.3 Å². The van der Waals surface area contributed by atoms with E-state index >= 15 is 0 Å². The van der Waals surface area contributed by atoms with E-state index in [1.165, 1.54) is 5.56 Å². The van der Waals surface area contributed by atoms with Crippen molar-refractivity contribution >= 4 is 22.7 Å². The van der Waals surface area contributed by atoms with Gasteiger partial charge >= 0.3 is 0 Å². The number of halogens is 1. The summed E-state index contributed by atoms with van der Waals surface area (Å²) in [7, 11) is 0.